The molecule has 9 nitrogen and oxygen atoms in total. The van der Waals surface area contributed by atoms with E-state index in [0.29, 0.717) is 9.80 Å². The summed E-state index contributed by atoms with van der Waals surface area (Å²) in [5.74, 6) is -4.15. The molecule has 1 saturated heterocycles. The number of amides is 5. The maximum absolute atomic E-state index is 11.9. The minimum atomic E-state index is -1.23. The SMILES string of the molecule is C=CCN1C(=O)C(=O)N(CC(=O)N(C)C(C)C(=O)O)C1=O. The third-order valence-corrected chi connectivity index (χ3v) is 3.07. The van der Waals surface area contributed by atoms with Gasteiger partial charge in [-0.05, 0) is 6.92 Å². The molecule has 0 aromatic rings. The fourth-order valence-corrected chi connectivity index (χ4v) is 1.61. The second-order valence-corrected chi connectivity index (χ2v) is 4.40. The van der Waals surface area contributed by atoms with Crippen LogP contribution < -0.4 is 0 Å². The van der Waals surface area contributed by atoms with Gasteiger partial charge in [0.2, 0.25) is 5.91 Å². The van der Waals surface area contributed by atoms with Crippen molar-refractivity contribution in [1.82, 2.24) is 14.7 Å². The Morgan fingerprint density at radius 2 is 1.81 bits per heavy atom. The number of hydrogen-bond acceptors (Lipinski definition) is 5. The van der Waals surface area contributed by atoms with E-state index in [2.05, 4.69) is 6.58 Å². The highest BCUT2D eigenvalue weighted by molar-refractivity contribution is 6.45. The molecule has 1 atom stereocenters. The summed E-state index contributed by atoms with van der Waals surface area (Å²) in [7, 11) is 1.23. The van der Waals surface area contributed by atoms with Gasteiger partial charge in [-0.3, -0.25) is 19.3 Å². The number of carboxylic acid groups (broad SMARTS) is 1. The summed E-state index contributed by atoms with van der Waals surface area (Å²) >= 11 is 0. The Morgan fingerprint density at radius 3 is 2.29 bits per heavy atom. The standard InChI is InChI=1S/C12H15N3O6/c1-4-5-14-9(17)10(18)15(12(14)21)6-8(16)13(3)7(2)11(19)20/h4,7H,1,5-6H2,2-3H3,(H,19,20). The topological polar surface area (TPSA) is 115 Å². The number of hydrogen-bond donors (Lipinski definition) is 1. The van der Waals surface area contributed by atoms with E-state index in [9.17, 15) is 24.0 Å². The van der Waals surface area contributed by atoms with Crippen molar-refractivity contribution in [3.05, 3.63) is 12.7 Å². The van der Waals surface area contributed by atoms with Crippen molar-refractivity contribution in [2.24, 2.45) is 0 Å². The summed E-state index contributed by atoms with van der Waals surface area (Å²) < 4.78 is 0. The molecule has 21 heavy (non-hydrogen) atoms. The van der Waals surface area contributed by atoms with Crippen LogP contribution in [0.5, 0.6) is 0 Å². The van der Waals surface area contributed by atoms with Gasteiger partial charge < -0.3 is 10.0 Å². The fourth-order valence-electron chi connectivity index (χ4n) is 1.61. The molecule has 1 heterocycles. The lowest BCUT2D eigenvalue weighted by Gasteiger charge is -2.23. The molecule has 0 aromatic heterocycles. The monoisotopic (exact) mass is 297 g/mol. The normalized spacial score (nSPS) is 16.2. The molecular weight excluding hydrogens is 282 g/mol. The van der Waals surface area contributed by atoms with Crippen LogP contribution in [0.4, 0.5) is 4.79 Å². The molecule has 0 bridgehead atoms. The van der Waals surface area contributed by atoms with Gasteiger partial charge in [0.25, 0.3) is 0 Å². The van der Waals surface area contributed by atoms with Gasteiger partial charge in [-0.25, -0.2) is 14.5 Å². The number of aliphatic carboxylic acids is 1. The minimum absolute atomic E-state index is 0.143. The number of carbonyl (C=O) groups is 5. The molecule has 9 heteroatoms. The lowest BCUT2D eigenvalue weighted by atomic mass is 10.3. The van der Waals surface area contributed by atoms with Crippen molar-refractivity contribution in [3.63, 3.8) is 0 Å². The van der Waals surface area contributed by atoms with Crippen LogP contribution in [0, 0.1) is 0 Å². The summed E-state index contributed by atoms with van der Waals surface area (Å²) in [5, 5.41) is 8.81. The van der Waals surface area contributed by atoms with E-state index < -0.39 is 42.3 Å². The lowest BCUT2D eigenvalue weighted by molar-refractivity contribution is -0.149. The van der Waals surface area contributed by atoms with E-state index in [4.69, 9.17) is 5.11 Å². The minimum Gasteiger partial charge on any atom is -0.480 e. The zero-order valence-corrected chi connectivity index (χ0v) is 11.6. The van der Waals surface area contributed by atoms with Crippen molar-refractivity contribution in [3.8, 4) is 0 Å². The largest absolute Gasteiger partial charge is 0.480 e. The van der Waals surface area contributed by atoms with E-state index in [1.807, 2.05) is 0 Å². The van der Waals surface area contributed by atoms with Crippen LogP contribution in [0.2, 0.25) is 0 Å². The fraction of sp³-hybridized carbons (Fsp3) is 0.417. The number of urea groups is 1. The number of likely N-dealkylation sites (N-methyl/N-ethyl adjacent to an activating group) is 1. The van der Waals surface area contributed by atoms with Crippen LogP contribution in [0.15, 0.2) is 12.7 Å². The number of nitrogens with zero attached hydrogens (tertiary/aromatic N) is 3. The molecule has 1 unspecified atom stereocenters. The Hall–Kier alpha value is -2.71. The highest BCUT2D eigenvalue weighted by Gasteiger charge is 2.45. The molecule has 1 aliphatic heterocycles. The van der Waals surface area contributed by atoms with Crippen LogP contribution in [-0.4, -0.2) is 75.7 Å². The Bertz CT molecular complexity index is 529. The maximum atomic E-state index is 11.9. The summed E-state index contributed by atoms with van der Waals surface area (Å²) in [6, 6.07) is -2.04. The average molecular weight is 297 g/mol. The third-order valence-electron chi connectivity index (χ3n) is 3.07. The van der Waals surface area contributed by atoms with Gasteiger partial charge in [0.1, 0.15) is 12.6 Å². The molecule has 1 fully saturated rings. The molecule has 1 N–H and O–H groups in total. The number of carbonyl (C=O) groups excluding carboxylic acids is 4. The average Bonchev–Trinajstić information content (AvgIpc) is 2.63. The van der Waals surface area contributed by atoms with Gasteiger partial charge in [0.15, 0.2) is 0 Å². The van der Waals surface area contributed by atoms with Crippen LogP contribution in [0.25, 0.3) is 0 Å². The van der Waals surface area contributed by atoms with E-state index >= 15 is 0 Å². The molecule has 0 spiro atoms. The molecule has 0 saturated carbocycles. The molecule has 114 valence electrons. The van der Waals surface area contributed by atoms with Crippen LogP contribution >= 0.6 is 0 Å². The molecule has 0 aliphatic carbocycles. The Balaban J connectivity index is 2.83. The van der Waals surface area contributed by atoms with Crippen molar-refractivity contribution in [2.45, 2.75) is 13.0 Å². The lowest BCUT2D eigenvalue weighted by Crippen LogP contribution is -2.47. The first-order chi connectivity index (χ1) is 9.72. The Morgan fingerprint density at radius 1 is 1.29 bits per heavy atom. The van der Waals surface area contributed by atoms with Crippen LogP contribution in [0.1, 0.15) is 6.92 Å². The highest BCUT2D eigenvalue weighted by atomic mass is 16.4. The molecule has 1 aliphatic rings. The van der Waals surface area contributed by atoms with E-state index in [1.165, 1.54) is 20.0 Å². The molecule has 5 amide bonds. The Labute approximate surface area is 120 Å². The van der Waals surface area contributed by atoms with Crippen LogP contribution in [-0.2, 0) is 19.2 Å². The van der Waals surface area contributed by atoms with Gasteiger partial charge in [0.05, 0.1) is 0 Å². The number of carboxylic acids is 1. The molecule has 1 rings (SSSR count). The van der Waals surface area contributed by atoms with Gasteiger partial charge in [-0.2, -0.15) is 0 Å². The van der Waals surface area contributed by atoms with Gasteiger partial charge in [-0.1, -0.05) is 6.08 Å². The first kappa shape index (κ1) is 16.3. The zero-order chi connectivity index (χ0) is 16.3. The molecular formula is C12H15N3O6. The van der Waals surface area contributed by atoms with E-state index in [-0.39, 0.29) is 6.54 Å². The first-order valence-corrected chi connectivity index (χ1v) is 5.99. The first-order valence-electron chi connectivity index (χ1n) is 5.99. The van der Waals surface area contributed by atoms with E-state index in [1.54, 1.807) is 0 Å². The molecule has 0 radical (unpaired) electrons. The number of rotatable bonds is 6. The predicted octanol–water partition coefficient (Wildman–Crippen LogP) is -1.11. The summed E-state index contributed by atoms with van der Waals surface area (Å²) in [4.78, 5) is 59.7. The molecule has 0 aromatic carbocycles. The van der Waals surface area contributed by atoms with Crippen molar-refractivity contribution >= 4 is 29.7 Å². The quantitative estimate of drug-likeness (QED) is 0.378. The second-order valence-electron chi connectivity index (χ2n) is 4.40. The van der Waals surface area contributed by atoms with E-state index in [0.717, 1.165) is 4.90 Å². The van der Waals surface area contributed by atoms with Gasteiger partial charge >= 0.3 is 23.8 Å². The second kappa shape index (κ2) is 6.16. The van der Waals surface area contributed by atoms with Gasteiger partial charge in [-0.15, -0.1) is 6.58 Å². The summed E-state index contributed by atoms with van der Waals surface area (Å²) in [6.45, 7) is 3.81. The zero-order valence-electron chi connectivity index (χ0n) is 11.6. The smallest absolute Gasteiger partial charge is 0.335 e. The van der Waals surface area contributed by atoms with Crippen LogP contribution in [0.3, 0.4) is 0 Å². The summed E-state index contributed by atoms with van der Waals surface area (Å²) in [6.07, 6.45) is 1.27. The number of imide groups is 2. The predicted molar refractivity (Wildman–Crippen MR) is 68.9 cm³/mol. The summed E-state index contributed by atoms with van der Waals surface area (Å²) in [5.41, 5.74) is 0. The van der Waals surface area contributed by atoms with Crippen molar-refractivity contribution in [2.75, 3.05) is 20.1 Å². The van der Waals surface area contributed by atoms with Crippen molar-refractivity contribution in [1.29, 1.82) is 0 Å². The van der Waals surface area contributed by atoms with Crippen molar-refractivity contribution < 1.29 is 29.1 Å². The maximum Gasteiger partial charge on any atom is 0.335 e. The van der Waals surface area contributed by atoms with Gasteiger partial charge in [0, 0.05) is 13.6 Å². The third kappa shape index (κ3) is 3.07. The highest BCUT2D eigenvalue weighted by Crippen LogP contribution is 2.12. The Kier molecular flexibility index (Phi) is 4.79.